The molecule has 2 aromatic carbocycles. The molecule has 0 aromatic heterocycles. The molecule has 2 aromatic rings. The second kappa shape index (κ2) is 16.6. The second-order valence-electron chi connectivity index (χ2n) is 14.4. The molecule has 3 rings (SSSR count). The van der Waals surface area contributed by atoms with Gasteiger partial charge in [-0.05, 0) is 98.1 Å². The minimum absolute atomic E-state index is 0. The first-order valence-electron chi connectivity index (χ1n) is 15.6. The Labute approximate surface area is 288 Å². The van der Waals surface area contributed by atoms with Crippen LogP contribution >= 0.6 is 17.0 Å². The summed E-state index contributed by atoms with van der Waals surface area (Å²) in [5, 5.41) is 17.3. The third kappa shape index (κ3) is 12.2. The van der Waals surface area contributed by atoms with E-state index in [0.717, 1.165) is 6.42 Å². The van der Waals surface area contributed by atoms with Gasteiger partial charge in [-0.25, -0.2) is 0 Å². The van der Waals surface area contributed by atoms with Crippen LogP contribution in [-0.2, 0) is 19.2 Å². The summed E-state index contributed by atoms with van der Waals surface area (Å²) in [5.41, 5.74) is -1.81. The quantitative estimate of drug-likeness (QED) is 0.209. The lowest BCUT2D eigenvalue weighted by Crippen LogP contribution is -2.54. The maximum atomic E-state index is 13.1. The van der Waals surface area contributed by atoms with Crippen LogP contribution in [0.15, 0.2) is 48.5 Å². The number of hydrogen-bond donors (Lipinski definition) is 3. The average molecular weight is 721 g/mol. The monoisotopic (exact) mass is 719 g/mol. The van der Waals surface area contributed by atoms with E-state index in [9.17, 15) is 24.3 Å². The molecule has 2 amide bonds. The van der Waals surface area contributed by atoms with Crippen molar-refractivity contribution in [2.24, 2.45) is 10.8 Å². The minimum atomic E-state index is -1.07. The highest BCUT2D eigenvalue weighted by atomic mass is 79.9. The van der Waals surface area contributed by atoms with Crippen LogP contribution in [0.25, 0.3) is 0 Å². The number of β-amino-alcohol motifs (C(OH)–C–C–N with tert-alkyl or cyclic N) is 1. The molecule has 11 nitrogen and oxygen atoms in total. The molecule has 1 aliphatic heterocycles. The molecule has 0 bridgehead atoms. The van der Waals surface area contributed by atoms with Crippen molar-refractivity contribution in [2.75, 3.05) is 26.2 Å². The van der Waals surface area contributed by atoms with Gasteiger partial charge in [0.25, 0.3) is 5.91 Å². The molecule has 0 aliphatic carbocycles. The third-order valence-corrected chi connectivity index (χ3v) is 7.39. The number of aliphatic hydroxyl groups excluding tert-OH is 1. The Kier molecular flexibility index (Phi) is 14.0. The molecule has 3 N–H and O–H groups in total. The van der Waals surface area contributed by atoms with Gasteiger partial charge in [-0.1, -0.05) is 18.2 Å². The van der Waals surface area contributed by atoms with E-state index in [1.807, 2.05) is 32.0 Å². The number of aliphatic hydroxyl groups is 1. The van der Waals surface area contributed by atoms with E-state index in [1.165, 1.54) is 18.2 Å². The summed E-state index contributed by atoms with van der Waals surface area (Å²) >= 11 is 0. The van der Waals surface area contributed by atoms with Gasteiger partial charge < -0.3 is 34.9 Å². The van der Waals surface area contributed by atoms with E-state index < -0.39 is 40.5 Å². The minimum Gasteiger partial charge on any atom is -0.484 e. The smallest absolute Gasteiger partial charge is 0.316 e. The molecule has 1 fully saturated rings. The molecule has 2 atom stereocenters. The van der Waals surface area contributed by atoms with Crippen molar-refractivity contribution in [2.45, 2.75) is 85.9 Å². The number of para-hydroxylation sites is 1. The Morgan fingerprint density at radius 1 is 0.872 bits per heavy atom. The van der Waals surface area contributed by atoms with Crippen LogP contribution < -0.4 is 24.8 Å². The molecule has 260 valence electrons. The molecule has 12 heteroatoms. The molecule has 0 spiro atoms. The Morgan fingerprint density at radius 3 is 1.96 bits per heavy atom. The van der Waals surface area contributed by atoms with Crippen LogP contribution in [-0.4, -0.2) is 71.6 Å². The largest absolute Gasteiger partial charge is 0.484 e. The van der Waals surface area contributed by atoms with Crippen molar-refractivity contribution in [3.05, 3.63) is 54.1 Å². The van der Waals surface area contributed by atoms with Gasteiger partial charge in [-0.2, -0.15) is 0 Å². The van der Waals surface area contributed by atoms with Crippen LogP contribution in [0.2, 0.25) is 0 Å². The summed E-state index contributed by atoms with van der Waals surface area (Å²) in [5.74, 6) is -0.577. The first-order valence-corrected chi connectivity index (χ1v) is 15.6. The average Bonchev–Trinajstić information content (AvgIpc) is 3.47. The van der Waals surface area contributed by atoms with Gasteiger partial charge in [0, 0.05) is 31.2 Å². The lowest BCUT2D eigenvalue weighted by atomic mass is 9.97. The van der Waals surface area contributed by atoms with Crippen LogP contribution in [0, 0.1) is 10.8 Å². The molecule has 0 radical (unpaired) electrons. The van der Waals surface area contributed by atoms with Crippen LogP contribution in [0.3, 0.4) is 0 Å². The molecular formula is C35H50BrN3O8. The highest BCUT2D eigenvalue weighted by Gasteiger charge is 2.35. The van der Waals surface area contributed by atoms with Gasteiger partial charge >= 0.3 is 11.9 Å². The van der Waals surface area contributed by atoms with Gasteiger partial charge in [-0.15, -0.1) is 17.0 Å². The highest BCUT2D eigenvalue weighted by molar-refractivity contribution is 8.93. The molecule has 47 heavy (non-hydrogen) atoms. The van der Waals surface area contributed by atoms with Crippen molar-refractivity contribution in [3.8, 4) is 17.2 Å². The fraction of sp³-hybridized carbons (Fsp3) is 0.543. The number of amides is 2. The van der Waals surface area contributed by atoms with Crippen molar-refractivity contribution < 1.29 is 38.5 Å². The van der Waals surface area contributed by atoms with E-state index in [0.29, 0.717) is 24.3 Å². The molecule has 1 aliphatic rings. The predicted octanol–water partition coefficient (Wildman–Crippen LogP) is 4.76. The van der Waals surface area contributed by atoms with Crippen LogP contribution in [0.5, 0.6) is 17.2 Å². The maximum Gasteiger partial charge on any atom is 0.316 e. The fourth-order valence-electron chi connectivity index (χ4n) is 4.49. The number of halogens is 1. The molecule has 1 heterocycles. The van der Waals surface area contributed by atoms with Crippen LogP contribution in [0.1, 0.15) is 79.9 Å². The first-order chi connectivity index (χ1) is 21.4. The van der Waals surface area contributed by atoms with Gasteiger partial charge in [-0.3, -0.25) is 19.2 Å². The van der Waals surface area contributed by atoms with E-state index >= 15 is 0 Å². The van der Waals surface area contributed by atoms with Crippen molar-refractivity contribution in [1.82, 2.24) is 15.5 Å². The number of nitrogens with zero attached hydrogens (tertiary/aromatic N) is 1. The SMILES string of the molecule is Br.CC(C)(CNC(=O)C1CCCN1C(=O)COc1ccccc1)NCC(O)c1cc(OC(=O)C(C)(C)C)cc(OC(=O)C(C)(C)C)c1. The summed E-state index contributed by atoms with van der Waals surface area (Å²) in [6.45, 7) is 14.8. The second-order valence-corrected chi connectivity index (χ2v) is 14.4. The zero-order valence-electron chi connectivity index (χ0n) is 28.7. The topological polar surface area (TPSA) is 144 Å². The number of hydrogen-bond acceptors (Lipinski definition) is 9. The third-order valence-electron chi connectivity index (χ3n) is 7.39. The number of esters is 2. The Balaban J connectivity index is 0.00000768. The fourth-order valence-corrected chi connectivity index (χ4v) is 4.49. The summed E-state index contributed by atoms with van der Waals surface area (Å²) in [6.07, 6.45) is 0.219. The summed E-state index contributed by atoms with van der Waals surface area (Å²) in [4.78, 5) is 52.7. The lowest BCUT2D eigenvalue weighted by molar-refractivity contribution is -0.143. The van der Waals surface area contributed by atoms with Gasteiger partial charge in [0.2, 0.25) is 5.91 Å². The van der Waals surface area contributed by atoms with E-state index in [-0.39, 0.29) is 60.0 Å². The lowest BCUT2D eigenvalue weighted by Gasteiger charge is -2.30. The molecular weight excluding hydrogens is 670 g/mol. The predicted molar refractivity (Wildman–Crippen MR) is 184 cm³/mol. The van der Waals surface area contributed by atoms with E-state index in [4.69, 9.17) is 14.2 Å². The van der Waals surface area contributed by atoms with E-state index in [1.54, 1.807) is 58.6 Å². The summed E-state index contributed by atoms with van der Waals surface area (Å²) in [6, 6.07) is 13.0. The van der Waals surface area contributed by atoms with Gasteiger partial charge in [0.05, 0.1) is 16.9 Å². The van der Waals surface area contributed by atoms with Crippen molar-refractivity contribution in [3.63, 3.8) is 0 Å². The Morgan fingerprint density at radius 2 is 1.43 bits per heavy atom. The van der Waals surface area contributed by atoms with Gasteiger partial charge in [0.1, 0.15) is 23.3 Å². The zero-order valence-corrected chi connectivity index (χ0v) is 30.4. The zero-order chi connectivity index (χ0) is 34.3. The molecule has 1 saturated heterocycles. The van der Waals surface area contributed by atoms with E-state index in [2.05, 4.69) is 10.6 Å². The number of benzene rings is 2. The van der Waals surface area contributed by atoms with Crippen molar-refractivity contribution >= 4 is 40.7 Å². The summed E-state index contributed by atoms with van der Waals surface area (Å²) < 4.78 is 16.7. The first kappa shape index (κ1) is 39.7. The number of carbonyl (C=O) groups is 4. The number of ether oxygens (including phenoxy) is 3. The Hall–Kier alpha value is -3.48. The normalized spacial score (nSPS) is 15.7. The van der Waals surface area contributed by atoms with Crippen molar-refractivity contribution in [1.29, 1.82) is 0 Å². The van der Waals surface area contributed by atoms with Gasteiger partial charge in [0.15, 0.2) is 6.61 Å². The molecule has 2 unspecified atom stereocenters. The Bertz CT molecular complexity index is 1340. The number of rotatable bonds is 12. The van der Waals surface area contributed by atoms with Crippen LogP contribution in [0.4, 0.5) is 0 Å². The standard InChI is InChI=1S/C35H49N3O8.BrH/c1-33(2,3)31(42)45-25-17-23(18-26(19-25)46-32(43)34(4,5)6)28(39)20-37-35(7,8)22-36-30(41)27-15-12-16-38(27)29(40)21-44-24-13-10-9-11-14-24;/h9-11,13-14,17-19,27-28,37,39H,12,15-16,20-22H2,1-8H3,(H,36,41);1H. The molecule has 0 saturated carbocycles. The number of nitrogens with one attached hydrogen (secondary N) is 2. The summed E-state index contributed by atoms with van der Waals surface area (Å²) in [7, 11) is 0. The highest BCUT2D eigenvalue weighted by Crippen LogP contribution is 2.30. The maximum absolute atomic E-state index is 13.1. The number of carbonyl (C=O) groups excluding carboxylic acids is 4. The number of likely N-dealkylation sites (tertiary alicyclic amines) is 1.